The van der Waals surface area contributed by atoms with E-state index in [2.05, 4.69) is 15.6 Å². The summed E-state index contributed by atoms with van der Waals surface area (Å²) in [5, 5.41) is 11.2. The minimum Gasteiger partial charge on any atom is -0.267 e. The Bertz CT molecular complexity index is 1200. The van der Waals surface area contributed by atoms with Crippen LogP contribution in [0.25, 0.3) is 10.8 Å². The lowest BCUT2D eigenvalue weighted by Gasteiger charge is -2.10. The Morgan fingerprint density at radius 3 is 2.54 bits per heavy atom. The number of hydrogen-bond acceptors (Lipinski definition) is 5. The molecule has 0 radical (unpaired) electrons. The van der Waals surface area contributed by atoms with Gasteiger partial charge in [0.2, 0.25) is 0 Å². The molecule has 138 valence electrons. The second-order valence-electron chi connectivity index (χ2n) is 6.06. The monoisotopic (exact) mass is 388 g/mol. The Hall–Kier alpha value is -3.58. The number of rotatable bonds is 5. The Balaban J connectivity index is 1.71. The fraction of sp³-hybridized carbons (Fsp3) is 0.0476. The number of amides is 1. The Morgan fingerprint density at radius 2 is 1.79 bits per heavy atom. The summed E-state index contributed by atoms with van der Waals surface area (Å²) in [5.41, 5.74) is 3.35. The molecule has 1 amide bonds. The summed E-state index contributed by atoms with van der Waals surface area (Å²) in [6, 6.07) is 20.3. The van der Waals surface area contributed by atoms with E-state index in [0.29, 0.717) is 10.8 Å². The first-order valence-electron chi connectivity index (χ1n) is 8.63. The molecule has 2 aromatic heterocycles. The molecule has 2 aromatic carbocycles. The maximum absolute atomic E-state index is 12.8. The summed E-state index contributed by atoms with van der Waals surface area (Å²) in [7, 11) is 0. The average Bonchev–Trinajstić information content (AvgIpc) is 3.24. The van der Waals surface area contributed by atoms with E-state index in [1.165, 1.54) is 16.0 Å². The molecule has 4 aromatic rings. The normalized spacial score (nSPS) is 11.1. The van der Waals surface area contributed by atoms with Gasteiger partial charge in [-0.2, -0.15) is 10.2 Å². The van der Waals surface area contributed by atoms with Gasteiger partial charge in [-0.15, -0.1) is 11.3 Å². The van der Waals surface area contributed by atoms with Crippen molar-refractivity contribution in [2.45, 2.75) is 6.54 Å². The van der Waals surface area contributed by atoms with E-state index in [9.17, 15) is 9.59 Å². The van der Waals surface area contributed by atoms with Crippen LogP contribution >= 0.6 is 11.3 Å². The smallest absolute Gasteiger partial charge is 0.267 e. The molecule has 0 bridgehead atoms. The van der Waals surface area contributed by atoms with Crippen molar-refractivity contribution in [3.8, 4) is 0 Å². The number of nitrogens with zero attached hydrogens (tertiary/aromatic N) is 3. The lowest BCUT2D eigenvalue weighted by molar-refractivity contribution is 0.0949. The molecule has 4 rings (SSSR count). The van der Waals surface area contributed by atoms with Crippen molar-refractivity contribution in [3.05, 3.63) is 98.6 Å². The SMILES string of the molecule is O=C(N/N=C\c1cccs1)c1nn(Cc2ccccc2)c(=O)c2ccccc12. The second-order valence-corrected chi connectivity index (χ2v) is 7.04. The first-order chi connectivity index (χ1) is 13.7. The lowest BCUT2D eigenvalue weighted by atomic mass is 10.1. The van der Waals surface area contributed by atoms with Crippen molar-refractivity contribution in [2.75, 3.05) is 0 Å². The maximum Gasteiger partial charge on any atom is 0.292 e. The highest BCUT2D eigenvalue weighted by atomic mass is 32.1. The minimum atomic E-state index is -0.467. The summed E-state index contributed by atoms with van der Waals surface area (Å²) >= 11 is 1.52. The van der Waals surface area contributed by atoms with Gasteiger partial charge >= 0.3 is 0 Å². The van der Waals surface area contributed by atoms with Crippen LogP contribution in [0.5, 0.6) is 0 Å². The van der Waals surface area contributed by atoms with Crippen LogP contribution in [0.3, 0.4) is 0 Å². The molecule has 2 heterocycles. The molecular weight excluding hydrogens is 372 g/mol. The molecule has 0 saturated carbocycles. The van der Waals surface area contributed by atoms with Crippen molar-refractivity contribution in [2.24, 2.45) is 5.10 Å². The summed E-state index contributed by atoms with van der Waals surface area (Å²) < 4.78 is 1.32. The molecule has 0 aliphatic heterocycles. The number of nitrogens with one attached hydrogen (secondary N) is 1. The predicted molar refractivity (Wildman–Crippen MR) is 111 cm³/mol. The molecule has 6 nitrogen and oxygen atoms in total. The van der Waals surface area contributed by atoms with Crippen LogP contribution in [-0.4, -0.2) is 21.9 Å². The summed E-state index contributed by atoms with van der Waals surface area (Å²) in [4.78, 5) is 26.4. The van der Waals surface area contributed by atoms with E-state index in [-0.39, 0.29) is 17.8 Å². The van der Waals surface area contributed by atoms with Crippen molar-refractivity contribution < 1.29 is 4.79 Å². The molecule has 1 N–H and O–H groups in total. The highest BCUT2D eigenvalue weighted by Crippen LogP contribution is 2.14. The number of hydrazone groups is 1. The van der Waals surface area contributed by atoms with Crippen LogP contribution in [-0.2, 0) is 6.54 Å². The Morgan fingerprint density at radius 1 is 1.04 bits per heavy atom. The number of carbonyl (C=O) groups is 1. The Labute approximate surface area is 164 Å². The van der Waals surface area contributed by atoms with Gasteiger partial charge < -0.3 is 0 Å². The van der Waals surface area contributed by atoms with Crippen molar-refractivity contribution in [3.63, 3.8) is 0 Å². The third-order valence-electron chi connectivity index (χ3n) is 4.16. The van der Waals surface area contributed by atoms with Crippen molar-refractivity contribution in [1.82, 2.24) is 15.2 Å². The molecule has 0 aliphatic rings. The average molecular weight is 388 g/mol. The van der Waals surface area contributed by atoms with E-state index >= 15 is 0 Å². The zero-order valence-corrected chi connectivity index (χ0v) is 15.6. The lowest BCUT2D eigenvalue weighted by Crippen LogP contribution is -2.29. The van der Waals surface area contributed by atoms with E-state index in [0.717, 1.165) is 10.4 Å². The van der Waals surface area contributed by atoms with Crippen molar-refractivity contribution in [1.29, 1.82) is 0 Å². The van der Waals surface area contributed by atoms with Gasteiger partial charge in [-0.1, -0.05) is 54.6 Å². The molecule has 0 fully saturated rings. The van der Waals surface area contributed by atoms with Crippen LogP contribution < -0.4 is 11.0 Å². The number of thiophene rings is 1. The summed E-state index contributed by atoms with van der Waals surface area (Å²) in [6.45, 7) is 0.281. The Kier molecular flexibility index (Phi) is 5.07. The number of hydrogen-bond donors (Lipinski definition) is 1. The van der Waals surface area contributed by atoms with Crippen LogP contribution in [0.4, 0.5) is 0 Å². The first-order valence-corrected chi connectivity index (χ1v) is 9.51. The number of benzene rings is 2. The van der Waals surface area contributed by atoms with Crippen LogP contribution in [0.15, 0.2) is 82.0 Å². The van der Waals surface area contributed by atoms with Gasteiger partial charge in [0.05, 0.1) is 18.1 Å². The molecule has 28 heavy (non-hydrogen) atoms. The fourth-order valence-electron chi connectivity index (χ4n) is 2.84. The molecule has 0 atom stereocenters. The van der Waals surface area contributed by atoms with E-state index in [1.54, 1.807) is 30.5 Å². The quantitative estimate of drug-likeness (QED) is 0.421. The first kappa shape index (κ1) is 17.8. The molecule has 7 heteroatoms. The minimum absolute atomic E-state index is 0.162. The molecule has 0 aliphatic carbocycles. The molecule has 0 spiro atoms. The van der Waals surface area contributed by atoms with Crippen LogP contribution in [0.1, 0.15) is 20.9 Å². The summed E-state index contributed by atoms with van der Waals surface area (Å²) in [6.07, 6.45) is 1.57. The zero-order valence-electron chi connectivity index (χ0n) is 14.8. The zero-order chi connectivity index (χ0) is 19.3. The van der Waals surface area contributed by atoms with Gasteiger partial charge in [-0.3, -0.25) is 9.59 Å². The topological polar surface area (TPSA) is 76.3 Å². The second kappa shape index (κ2) is 7.98. The van der Waals surface area contributed by atoms with Gasteiger partial charge in [-0.05, 0) is 23.1 Å². The van der Waals surface area contributed by atoms with E-state index in [4.69, 9.17) is 0 Å². The van der Waals surface area contributed by atoms with E-state index in [1.807, 2.05) is 47.8 Å². The number of carbonyl (C=O) groups excluding carboxylic acids is 1. The fourth-order valence-corrected chi connectivity index (χ4v) is 3.42. The highest BCUT2D eigenvalue weighted by molar-refractivity contribution is 7.11. The summed E-state index contributed by atoms with van der Waals surface area (Å²) in [5.74, 6) is -0.467. The highest BCUT2D eigenvalue weighted by Gasteiger charge is 2.16. The van der Waals surface area contributed by atoms with Gasteiger partial charge in [0.25, 0.3) is 11.5 Å². The number of aromatic nitrogens is 2. The van der Waals surface area contributed by atoms with Gasteiger partial charge in [-0.25, -0.2) is 10.1 Å². The van der Waals surface area contributed by atoms with Crippen LogP contribution in [0, 0.1) is 0 Å². The third-order valence-corrected chi connectivity index (χ3v) is 4.97. The number of fused-ring (bicyclic) bond motifs is 1. The van der Waals surface area contributed by atoms with Crippen molar-refractivity contribution >= 4 is 34.2 Å². The van der Waals surface area contributed by atoms with Gasteiger partial charge in [0.15, 0.2) is 5.69 Å². The third kappa shape index (κ3) is 3.74. The van der Waals surface area contributed by atoms with Crippen LogP contribution in [0.2, 0.25) is 0 Å². The predicted octanol–water partition coefficient (Wildman–Crippen LogP) is 3.27. The molecule has 0 unspecified atom stereocenters. The maximum atomic E-state index is 12.8. The largest absolute Gasteiger partial charge is 0.292 e. The van der Waals surface area contributed by atoms with E-state index < -0.39 is 5.91 Å². The molecular formula is C21H16N4O2S. The standard InChI is InChI=1S/C21H16N4O2S/c26-20(23-22-13-16-9-6-12-28-16)19-17-10-4-5-11-18(17)21(27)25(24-19)14-15-7-2-1-3-8-15/h1-13H,14H2,(H,23,26)/b22-13-. The van der Waals surface area contributed by atoms with Gasteiger partial charge in [0, 0.05) is 10.3 Å². The van der Waals surface area contributed by atoms with Gasteiger partial charge in [0.1, 0.15) is 0 Å². The molecule has 0 saturated heterocycles.